The Morgan fingerprint density at radius 2 is 1.96 bits per heavy atom. The quantitative estimate of drug-likeness (QED) is 0.749. The van der Waals surface area contributed by atoms with Crippen LogP contribution in [0.3, 0.4) is 0 Å². The molecular weight excluding hydrogens is 302 g/mol. The molecule has 4 N–H and O–H groups in total. The van der Waals surface area contributed by atoms with Crippen LogP contribution >= 0.6 is 0 Å². The molecule has 0 radical (unpaired) electrons. The lowest BCUT2D eigenvalue weighted by atomic mass is 9.95. The summed E-state index contributed by atoms with van der Waals surface area (Å²) >= 11 is 0. The van der Waals surface area contributed by atoms with Crippen LogP contribution in [0.15, 0.2) is 55.1 Å². The Hall–Kier alpha value is -3.28. The molecule has 6 heteroatoms. The van der Waals surface area contributed by atoms with Crippen LogP contribution < -0.4 is 11.5 Å². The van der Waals surface area contributed by atoms with Gasteiger partial charge in [0.05, 0.1) is 5.69 Å². The molecule has 120 valence electrons. The van der Waals surface area contributed by atoms with Gasteiger partial charge in [-0.05, 0) is 29.2 Å². The van der Waals surface area contributed by atoms with E-state index in [9.17, 15) is 4.79 Å². The van der Waals surface area contributed by atoms with E-state index in [2.05, 4.69) is 15.0 Å². The van der Waals surface area contributed by atoms with E-state index in [1.54, 1.807) is 18.5 Å². The number of carbonyl (C=O) groups excluding carboxylic acids is 1. The monoisotopic (exact) mass is 319 g/mol. The maximum atomic E-state index is 11.2. The third-order valence-corrected chi connectivity index (χ3v) is 3.71. The van der Waals surface area contributed by atoms with E-state index in [0.717, 1.165) is 27.9 Å². The van der Waals surface area contributed by atoms with Crippen molar-refractivity contribution in [1.82, 2.24) is 15.0 Å². The summed E-state index contributed by atoms with van der Waals surface area (Å²) in [6.07, 6.45) is 5.76. The number of nitrogens with two attached hydrogens (primary N) is 2. The van der Waals surface area contributed by atoms with Gasteiger partial charge in [-0.3, -0.25) is 9.78 Å². The molecule has 2 aromatic heterocycles. The van der Waals surface area contributed by atoms with Gasteiger partial charge in [0, 0.05) is 30.4 Å². The van der Waals surface area contributed by atoms with Gasteiger partial charge in [-0.15, -0.1) is 0 Å². The smallest absolute Gasteiger partial charge is 0.217 e. The molecule has 0 spiro atoms. The number of aryl methyl sites for hydroxylation is 1. The van der Waals surface area contributed by atoms with Gasteiger partial charge in [-0.25, -0.2) is 9.97 Å². The molecule has 0 saturated heterocycles. The number of pyridine rings is 1. The van der Waals surface area contributed by atoms with Crippen molar-refractivity contribution in [2.75, 3.05) is 5.73 Å². The Kier molecular flexibility index (Phi) is 4.47. The number of nitrogens with zero attached hydrogens (tertiary/aromatic N) is 3. The van der Waals surface area contributed by atoms with Crippen molar-refractivity contribution in [3.63, 3.8) is 0 Å². The van der Waals surface area contributed by atoms with Crippen molar-refractivity contribution in [3.8, 4) is 22.4 Å². The van der Waals surface area contributed by atoms with Gasteiger partial charge in [0.15, 0.2) is 0 Å². The lowest BCUT2D eigenvalue weighted by Crippen LogP contribution is -2.11. The summed E-state index contributed by atoms with van der Waals surface area (Å²) in [5, 5.41) is 0. The third-order valence-electron chi connectivity index (χ3n) is 3.71. The molecule has 0 unspecified atom stereocenters. The highest BCUT2D eigenvalue weighted by Crippen LogP contribution is 2.29. The summed E-state index contributed by atoms with van der Waals surface area (Å²) < 4.78 is 0. The largest absolute Gasteiger partial charge is 0.384 e. The molecule has 6 nitrogen and oxygen atoms in total. The fraction of sp³-hybridized carbons (Fsp3) is 0.111. The summed E-state index contributed by atoms with van der Waals surface area (Å²) in [6.45, 7) is 0. The molecule has 0 aliphatic heterocycles. The lowest BCUT2D eigenvalue weighted by molar-refractivity contribution is -0.117. The molecule has 0 saturated carbocycles. The molecule has 2 heterocycles. The average Bonchev–Trinajstić information content (AvgIpc) is 2.60. The molecule has 0 aliphatic rings. The summed E-state index contributed by atoms with van der Waals surface area (Å²) in [5.74, 6) is 0.0621. The van der Waals surface area contributed by atoms with Gasteiger partial charge in [-0.1, -0.05) is 24.3 Å². The first-order chi connectivity index (χ1) is 11.6. The Labute approximate surface area is 139 Å². The predicted molar refractivity (Wildman–Crippen MR) is 92.6 cm³/mol. The van der Waals surface area contributed by atoms with E-state index in [0.29, 0.717) is 12.2 Å². The summed E-state index contributed by atoms with van der Waals surface area (Å²) in [5.41, 5.74) is 15.7. The Morgan fingerprint density at radius 1 is 1.08 bits per heavy atom. The van der Waals surface area contributed by atoms with E-state index < -0.39 is 0 Å². The van der Waals surface area contributed by atoms with Crippen molar-refractivity contribution in [3.05, 3.63) is 60.7 Å². The van der Waals surface area contributed by atoms with E-state index in [4.69, 9.17) is 11.5 Å². The molecule has 3 aromatic rings. The second-order valence-corrected chi connectivity index (χ2v) is 5.41. The third kappa shape index (κ3) is 3.55. The van der Waals surface area contributed by atoms with Crippen LogP contribution in [0.2, 0.25) is 0 Å². The number of carbonyl (C=O) groups is 1. The minimum atomic E-state index is -0.338. The van der Waals surface area contributed by atoms with Crippen LogP contribution in [0.4, 0.5) is 5.82 Å². The van der Waals surface area contributed by atoms with Crippen molar-refractivity contribution in [1.29, 1.82) is 0 Å². The van der Waals surface area contributed by atoms with Gasteiger partial charge < -0.3 is 11.5 Å². The number of hydrogen-bond acceptors (Lipinski definition) is 5. The van der Waals surface area contributed by atoms with Gasteiger partial charge in [-0.2, -0.15) is 0 Å². The predicted octanol–water partition coefficient (Wildman–Crippen LogP) is 2.21. The topological polar surface area (TPSA) is 108 Å². The first kappa shape index (κ1) is 15.6. The zero-order chi connectivity index (χ0) is 16.9. The van der Waals surface area contributed by atoms with Crippen LogP contribution in [0.5, 0.6) is 0 Å². The molecule has 0 atom stereocenters. The van der Waals surface area contributed by atoms with Crippen molar-refractivity contribution >= 4 is 11.7 Å². The average molecular weight is 319 g/mol. The number of nitrogen functional groups attached to an aromatic ring is 1. The Bertz CT molecular complexity index is 864. The fourth-order valence-electron chi connectivity index (χ4n) is 2.54. The van der Waals surface area contributed by atoms with E-state index in [1.165, 1.54) is 6.33 Å². The van der Waals surface area contributed by atoms with Crippen molar-refractivity contribution in [2.45, 2.75) is 12.8 Å². The number of hydrogen-bond donors (Lipinski definition) is 2. The number of primary amides is 1. The second-order valence-electron chi connectivity index (χ2n) is 5.41. The highest BCUT2D eigenvalue weighted by atomic mass is 16.1. The minimum Gasteiger partial charge on any atom is -0.384 e. The summed E-state index contributed by atoms with van der Waals surface area (Å²) in [4.78, 5) is 23.5. The molecule has 3 rings (SSSR count). The number of amides is 1. The van der Waals surface area contributed by atoms with Crippen molar-refractivity contribution < 1.29 is 4.79 Å². The van der Waals surface area contributed by atoms with Gasteiger partial charge in [0.2, 0.25) is 5.91 Å². The SMILES string of the molecule is NC(=O)CCc1cc(-c2cccnc2)ccc1-c1cc(N)ncn1. The van der Waals surface area contributed by atoms with Crippen LogP contribution in [0, 0.1) is 0 Å². The van der Waals surface area contributed by atoms with Gasteiger partial charge in [0.1, 0.15) is 12.1 Å². The van der Waals surface area contributed by atoms with E-state index in [1.807, 2.05) is 30.3 Å². The lowest BCUT2D eigenvalue weighted by Gasteiger charge is -2.11. The Morgan fingerprint density at radius 3 is 2.67 bits per heavy atom. The maximum Gasteiger partial charge on any atom is 0.217 e. The number of rotatable bonds is 5. The van der Waals surface area contributed by atoms with Gasteiger partial charge >= 0.3 is 0 Å². The van der Waals surface area contributed by atoms with Crippen LogP contribution in [0.1, 0.15) is 12.0 Å². The molecule has 0 bridgehead atoms. The first-order valence-electron chi connectivity index (χ1n) is 7.53. The summed E-state index contributed by atoms with van der Waals surface area (Å²) in [6, 6.07) is 11.6. The zero-order valence-electron chi connectivity index (χ0n) is 13.0. The Balaban J connectivity index is 2.06. The van der Waals surface area contributed by atoms with E-state index >= 15 is 0 Å². The molecular formula is C18H17N5O. The number of benzene rings is 1. The molecule has 0 aliphatic carbocycles. The number of aromatic nitrogens is 3. The maximum absolute atomic E-state index is 11.2. The normalized spacial score (nSPS) is 10.5. The second kappa shape index (κ2) is 6.87. The first-order valence-corrected chi connectivity index (χ1v) is 7.53. The van der Waals surface area contributed by atoms with Crippen molar-refractivity contribution in [2.24, 2.45) is 5.73 Å². The van der Waals surface area contributed by atoms with Crippen LogP contribution in [-0.2, 0) is 11.2 Å². The van der Waals surface area contributed by atoms with Gasteiger partial charge in [0.25, 0.3) is 0 Å². The molecule has 1 aromatic carbocycles. The standard InChI is InChI=1S/C18H17N5O/c19-17-9-16(22-11-23-17)15-5-3-12(14-2-1-7-21-10-14)8-13(15)4-6-18(20)24/h1-3,5,7-11H,4,6H2,(H2,20,24)(H2,19,22,23). The number of anilines is 1. The highest BCUT2D eigenvalue weighted by molar-refractivity contribution is 5.76. The van der Waals surface area contributed by atoms with Crippen LogP contribution in [-0.4, -0.2) is 20.9 Å². The molecule has 1 amide bonds. The highest BCUT2D eigenvalue weighted by Gasteiger charge is 2.11. The fourth-order valence-corrected chi connectivity index (χ4v) is 2.54. The summed E-state index contributed by atoms with van der Waals surface area (Å²) in [7, 11) is 0. The van der Waals surface area contributed by atoms with E-state index in [-0.39, 0.29) is 12.3 Å². The van der Waals surface area contributed by atoms with Crippen LogP contribution in [0.25, 0.3) is 22.4 Å². The zero-order valence-corrected chi connectivity index (χ0v) is 13.0. The molecule has 24 heavy (non-hydrogen) atoms. The molecule has 0 fully saturated rings. The minimum absolute atomic E-state index is 0.268.